The summed E-state index contributed by atoms with van der Waals surface area (Å²) >= 11 is 0. The van der Waals surface area contributed by atoms with Gasteiger partial charge in [0, 0.05) is 5.25 Å². The number of unbranched alkanes of at least 4 members (excludes halogenated alkanes) is 10. The molecule has 0 radical (unpaired) electrons. The number of aliphatic hydroxyl groups is 1. The Morgan fingerprint density at radius 3 is 1.48 bits per heavy atom. The Morgan fingerprint density at radius 1 is 0.667 bits per heavy atom. The summed E-state index contributed by atoms with van der Waals surface area (Å²) in [4.78, 5) is 0. The molecule has 0 aromatic rings. The topological polar surface area (TPSA) is 77.4 Å². The van der Waals surface area contributed by atoms with Gasteiger partial charge in [0.2, 0.25) is 0 Å². The van der Waals surface area contributed by atoms with Crippen molar-refractivity contribution >= 4 is 10.1 Å². The second kappa shape index (κ2) is 20.8. The number of hydrogen-bond acceptors (Lipinski definition) is 4. The first-order valence-electron chi connectivity index (χ1n) is 11.0. The molecule has 0 amide bonds. The van der Waals surface area contributed by atoms with Crippen LogP contribution in [0, 0.1) is 0 Å². The first-order valence-corrected chi connectivity index (χ1v) is 12.5. The Kier molecular flexibility index (Phi) is 23.6. The summed E-state index contributed by atoms with van der Waals surface area (Å²) < 4.78 is 33.8. The van der Waals surface area contributed by atoms with E-state index in [1.54, 1.807) is 0 Å². The first kappa shape index (κ1) is 30.7. The molecule has 0 aliphatic carbocycles. The molecule has 0 fully saturated rings. The van der Waals surface area contributed by atoms with Gasteiger partial charge >= 0.3 is 51.4 Å². The van der Waals surface area contributed by atoms with E-state index in [0.717, 1.165) is 57.8 Å². The van der Waals surface area contributed by atoms with Gasteiger partial charge in [-0.25, -0.2) is 8.42 Å². The van der Waals surface area contributed by atoms with E-state index >= 15 is 0 Å². The maximum absolute atomic E-state index is 11.3. The normalized spacial score (nSPS) is 13.9. The van der Waals surface area contributed by atoms with Crippen molar-refractivity contribution in [2.45, 2.75) is 134 Å². The summed E-state index contributed by atoms with van der Waals surface area (Å²) in [7, 11) is -4.15. The molecule has 2 unspecified atom stereocenters. The summed E-state index contributed by atoms with van der Waals surface area (Å²) in [6.07, 6.45) is 16.9. The quantitative estimate of drug-likeness (QED) is 0.194. The molecule has 4 nitrogen and oxygen atoms in total. The summed E-state index contributed by atoms with van der Waals surface area (Å²) in [6.45, 7) is 4.24. The molecule has 0 saturated heterocycles. The van der Waals surface area contributed by atoms with Crippen molar-refractivity contribution in [3.63, 3.8) is 0 Å². The van der Waals surface area contributed by atoms with Crippen molar-refractivity contribution in [1.82, 2.24) is 0 Å². The van der Waals surface area contributed by atoms with Gasteiger partial charge in [0.1, 0.15) is 0 Å². The Labute approximate surface area is 211 Å². The van der Waals surface area contributed by atoms with Gasteiger partial charge in [-0.15, -0.1) is 0 Å². The van der Waals surface area contributed by atoms with Crippen LogP contribution in [0.3, 0.4) is 0 Å². The minimum atomic E-state index is -4.15. The molecule has 1 N–H and O–H groups in total. The van der Waals surface area contributed by atoms with E-state index in [1.807, 2.05) is 6.92 Å². The van der Waals surface area contributed by atoms with E-state index in [-0.39, 0.29) is 57.5 Å². The zero-order chi connectivity index (χ0) is 19.7. The zero-order valence-electron chi connectivity index (χ0n) is 18.3. The fourth-order valence-corrected chi connectivity index (χ4v) is 4.36. The van der Waals surface area contributed by atoms with E-state index in [1.165, 1.54) is 38.5 Å². The van der Waals surface area contributed by atoms with Crippen LogP contribution in [0.4, 0.5) is 0 Å². The Morgan fingerprint density at radius 2 is 1.04 bits per heavy atom. The Balaban J connectivity index is 0. The first-order chi connectivity index (χ1) is 12.4. The second-order valence-corrected chi connectivity index (χ2v) is 9.46. The smallest absolute Gasteiger partial charge is 0.748 e. The van der Waals surface area contributed by atoms with Gasteiger partial charge in [0.05, 0.1) is 16.2 Å². The van der Waals surface area contributed by atoms with Gasteiger partial charge in [0.15, 0.2) is 0 Å². The molecular formula is C21H43KO4S. The predicted molar refractivity (Wildman–Crippen MR) is 109 cm³/mol. The van der Waals surface area contributed by atoms with Crippen LogP contribution in [0.15, 0.2) is 0 Å². The average Bonchev–Trinajstić information content (AvgIpc) is 2.58. The van der Waals surface area contributed by atoms with Crippen LogP contribution >= 0.6 is 0 Å². The largest absolute Gasteiger partial charge is 1.00 e. The Bertz CT molecular complexity index is 401. The van der Waals surface area contributed by atoms with Crippen LogP contribution < -0.4 is 51.4 Å². The van der Waals surface area contributed by atoms with Gasteiger partial charge < -0.3 is 9.66 Å². The summed E-state index contributed by atoms with van der Waals surface area (Å²) in [5, 5.41) is 9.31. The van der Waals surface area contributed by atoms with Gasteiger partial charge in [-0.2, -0.15) is 0 Å². The number of rotatable bonds is 19. The maximum Gasteiger partial charge on any atom is 1.00 e. The fraction of sp³-hybridized carbons (Fsp3) is 1.00. The van der Waals surface area contributed by atoms with Crippen LogP contribution in [-0.2, 0) is 10.1 Å². The van der Waals surface area contributed by atoms with Crippen molar-refractivity contribution in [3.8, 4) is 0 Å². The monoisotopic (exact) mass is 430 g/mol. The van der Waals surface area contributed by atoms with Crippen LogP contribution in [-0.4, -0.2) is 29.4 Å². The summed E-state index contributed by atoms with van der Waals surface area (Å²) in [5.41, 5.74) is 0. The molecule has 0 aromatic heterocycles. The van der Waals surface area contributed by atoms with E-state index < -0.39 is 15.4 Å². The van der Waals surface area contributed by atoms with Crippen molar-refractivity contribution in [2.24, 2.45) is 0 Å². The Hall–Kier alpha value is 1.51. The molecule has 0 bridgehead atoms. The van der Waals surface area contributed by atoms with Crippen molar-refractivity contribution < 1.29 is 69.5 Å². The summed E-state index contributed by atoms with van der Waals surface area (Å²) in [6, 6.07) is 0. The van der Waals surface area contributed by atoms with Crippen molar-refractivity contribution in [2.75, 3.05) is 0 Å². The van der Waals surface area contributed by atoms with Crippen LogP contribution in [0.5, 0.6) is 0 Å². The third-order valence-corrected chi connectivity index (χ3v) is 6.53. The second-order valence-electron chi connectivity index (χ2n) is 7.81. The number of hydrogen-bond donors (Lipinski definition) is 1. The van der Waals surface area contributed by atoms with Gasteiger partial charge in [-0.1, -0.05) is 97.3 Å². The minimum absolute atomic E-state index is 0. The molecule has 158 valence electrons. The van der Waals surface area contributed by atoms with Crippen LogP contribution in [0.2, 0.25) is 0 Å². The molecule has 0 aromatic carbocycles. The molecular weight excluding hydrogens is 387 g/mol. The van der Waals surface area contributed by atoms with Crippen molar-refractivity contribution in [1.29, 1.82) is 0 Å². The van der Waals surface area contributed by atoms with E-state index in [9.17, 15) is 18.1 Å². The van der Waals surface area contributed by atoms with Crippen molar-refractivity contribution in [3.05, 3.63) is 0 Å². The van der Waals surface area contributed by atoms with E-state index in [4.69, 9.17) is 0 Å². The molecule has 6 heteroatoms. The predicted octanol–water partition coefficient (Wildman–Crippen LogP) is 2.94. The van der Waals surface area contributed by atoms with Crippen LogP contribution in [0.25, 0.3) is 0 Å². The molecule has 0 rings (SSSR count). The molecule has 0 saturated carbocycles. The number of aliphatic hydroxyl groups excluding tert-OH is 1. The molecule has 0 spiro atoms. The fourth-order valence-electron chi connectivity index (χ4n) is 3.45. The van der Waals surface area contributed by atoms with Gasteiger partial charge in [-0.3, -0.25) is 0 Å². The van der Waals surface area contributed by atoms with E-state index in [2.05, 4.69) is 6.92 Å². The van der Waals surface area contributed by atoms with Crippen LogP contribution in [0.1, 0.15) is 123 Å². The standard InChI is InChI=1S/C21H44O4S.K/c1-3-5-7-8-9-10-13-16-20(22)17-14-11-12-15-19-21(18-6-4-2)26(23,24)25;/h20-22H,3-19H2,1-2H3,(H,23,24,25);/q;+1/p-1. The maximum atomic E-state index is 11.3. The molecule has 0 aliphatic heterocycles. The third-order valence-electron chi connectivity index (χ3n) is 5.24. The van der Waals surface area contributed by atoms with Gasteiger partial charge in [-0.05, 0) is 25.7 Å². The molecule has 27 heavy (non-hydrogen) atoms. The molecule has 2 atom stereocenters. The summed E-state index contributed by atoms with van der Waals surface area (Å²) in [5.74, 6) is 0. The average molecular weight is 431 g/mol. The third kappa shape index (κ3) is 20.6. The molecule has 0 aliphatic rings. The minimum Gasteiger partial charge on any atom is -0.748 e. The zero-order valence-corrected chi connectivity index (χ0v) is 22.2. The SMILES string of the molecule is CCCCCCCCCC(O)CCCCCCC(CCCC)S(=O)(=O)[O-].[K+]. The molecule has 0 heterocycles. The van der Waals surface area contributed by atoms with Gasteiger partial charge in [0.25, 0.3) is 0 Å². The van der Waals surface area contributed by atoms with E-state index in [0.29, 0.717) is 12.8 Å².